The van der Waals surface area contributed by atoms with Crippen molar-refractivity contribution in [3.8, 4) is 0 Å². The zero-order chi connectivity index (χ0) is 13.1. The Morgan fingerprint density at radius 3 is 2.71 bits per heavy atom. The fourth-order valence-corrected chi connectivity index (χ4v) is 1.33. The molecule has 0 heterocycles. The molecule has 1 radical (unpaired) electrons. The second-order valence-electron chi connectivity index (χ2n) is 4.81. The van der Waals surface area contributed by atoms with Crippen LogP contribution in [0.15, 0.2) is 18.2 Å². The van der Waals surface area contributed by atoms with Crippen molar-refractivity contribution in [3.63, 3.8) is 0 Å². The Balaban J connectivity index is 2.64. The first-order valence-electron chi connectivity index (χ1n) is 5.45. The monoisotopic (exact) mass is 238 g/mol. The summed E-state index contributed by atoms with van der Waals surface area (Å²) in [5.74, 6) is -0.462. The van der Waals surface area contributed by atoms with E-state index in [-0.39, 0.29) is 0 Å². The molecule has 3 nitrogen and oxygen atoms in total. The van der Waals surface area contributed by atoms with Gasteiger partial charge in [0.15, 0.2) is 0 Å². The summed E-state index contributed by atoms with van der Waals surface area (Å²) in [6.45, 7) is 7.01. The molecule has 0 aliphatic heterocycles. The van der Waals surface area contributed by atoms with Crippen LogP contribution in [-0.2, 0) is 4.74 Å². The Kier molecular flexibility index (Phi) is 4.10. The lowest BCUT2D eigenvalue weighted by Crippen LogP contribution is -2.34. The van der Waals surface area contributed by atoms with Crippen molar-refractivity contribution < 1.29 is 13.9 Å². The van der Waals surface area contributed by atoms with Gasteiger partial charge in [-0.15, -0.1) is 0 Å². The Labute approximate surface area is 101 Å². The SMILES string of the molecule is C[C@@H](NC(=O)OC(C)(C)C)c1ccc[c]c1F. The molecule has 1 rings (SSSR count). The summed E-state index contributed by atoms with van der Waals surface area (Å²) in [6, 6.07) is 6.75. The zero-order valence-electron chi connectivity index (χ0n) is 10.5. The first-order valence-corrected chi connectivity index (χ1v) is 5.45. The van der Waals surface area contributed by atoms with Crippen molar-refractivity contribution in [1.82, 2.24) is 5.32 Å². The number of nitrogens with one attached hydrogen (secondary N) is 1. The molecule has 1 aromatic rings. The maximum absolute atomic E-state index is 13.4. The molecule has 0 saturated carbocycles. The van der Waals surface area contributed by atoms with E-state index in [1.54, 1.807) is 39.8 Å². The molecule has 0 saturated heterocycles. The number of hydrogen-bond donors (Lipinski definition) is 1. The van der Waals surface area contributed by atoms with Gasteiger partial charge in [-0.1, -0.05) is 18.2 Å². The van der Waals surface area contributed by atoms with Crippen LogP contribution in [0.1, 0.15) is 39.3 Å². The van der Waals surface area contributed by atoms with Gasteiger partial charge in [0.2, 0.25) is 0 Å². The number of benzene rings is 1. The van der Waals surface area contributed by atoms with E-state index in [9.17, 15) is 9.18 Å². The highest BCUT2D eigenvalue weighted by atomic mass is 19.1. The minimum Gasteiger partial charge on any atom is -0.444 e. The highest BCUT2D eigenvalue weighted by molar-refractivity contribution is 5.68. The molecule has 0 spiro atoms. The van der Waals surface area contributed by atoms with Crippen molar-refractivity contribution in [2.75, 3.05) is 0 Å². The van der Waals surface area contributed by atoms with Gasteiger partial charge in [-0.05, 0) is 27.7 Å². The van der Waals surface area contributed by atoms with Crippen molar-refractivity contribution in [3.05, 3.63) is 35.6 Å². The minimum atomic E-state index is -0.564. The first-order chi connectivity index (χ1) is 7.79. The van der Waals surface area contributed by atoms with E-state index in [1.165, 1.54) is 6.07 Å². The largest absolute Gasteiger partial charge is 0.444 e. The molecule has 17 heavy (non-hydrogen) atoms. The smallest absolute Gasteiger partial charge is 0.408 e. The third-order valence-electron chi connectivity index (χ3n) is 2.04. The van der Waals surface area contributed by atoms with Crippen molar-refractivity contribution >= 4 is 6.09 Å². The predicted molar refractivity (Wildman–Crippen MR) is 63.0 cm³/mol. The normalized spacial score (nSPS) is 13.0. The predicted octanol–water partition coefficient (Wildman–Crippen LogP) is 3.21. The lowest BCUT2D eigenvalue weighted by Gasteiger charge is -2.22. The van der Waals surface area contributed by atoms with E-state index in [0.29, 0.717) is 5.56 Å². The number of carbonyl (C=O) groups excluding carboxylic acids is 1. The highest BCUT2D eigenvalue weighted by Crippen LogP contribution is 2.16. The van der Waals surface area contributed by atoms with Crippen LogP contribution in [0.5, 0.6) is 0 Å². The second-order valence-corrected chi connectivity index (χ2v) is 4.81. The molecular formula is C13H17FNO2. The molecule has 0 bridgehead atoms. The highest BCUT2D eigenvalue weighted by Gasteiger charge is 2.19. The van der Waals surface area contributed by atoms with Gasteiger partial charge in [0.1, 0.15) is 11.4 Å². The fraction of sp³-hybridized carbons (Fsp3) is 0.462. The standard InChI is InChI=1S/C13H17FNO2/c1-9(10-7-5-6-8-11(10)14)15-12(16)17-13(2,3)4/h5-7,9H,1-4H3,(H,15,16)/t9-/m1/s1. The van der Waals surface area contributed by atoms with Gasteiger partial charge < -0.3 is 10.1 Å². The maximum atomic E-state index is 13.4. The van der Waals surface area contributed by atoms with Gasteiger partial charge in [0.25, 0.3) is 0 Å². The lowest BCUT2D eigenvalue weighted by molar-refractivity contribution is 0.0507. The summed E-state index contributed by atoms with van der Waals surface area (Å²) < 4.78 is 18.5. The maximum Gasteiger partial charge on any atom is 0.408 e. The van der Waals surface area contributed by atoms with Crippen LogP contribution >= 0.6 is 0 Å². The Morgan fingerprint density at radius 2 is 2.18 bits per heavy atom. The Hall–Kier alpha value is -1.58. The molecule has 0 unspecified atom stereocenters. The topological polar surface area (TPSA) is 38.3 Å². The number of alkyl carbamates (subject to hydrolysis) is 1. The molecule has 0 fully saturated rings. The van der Waals surface area contributed by atoms with E-state index >= 15 is 0 Å². The van der Waals surface area contributed by atoms with Crippen LogP contribution in [0.25, 0.3) is 0 Å². The molecule has 0 aromatic heterocycles. The number of rotatable bonds is 2. The third-order valence-corrected chi connectivity index (χ3v) is 2.04. The lowest BCUT2D eigenvalue weighted by atomic mass is 10.1. The van der Waals surface area contributed by atoms with E-state index in [0.717, 1.165) is 0 Å². The van der Waals surface area contributed by atoms with Crippen molar-refractivity contribution in [1.29, 1.82) is 0 Å². The van der Waals surface area contributed by atoms with Gasteiger partial charge >= 0.3 is 6.09 Å². The summed E-state index contributed by atoms with van der Waals surface area (Å²) in [5.41, 5.74) is -0.177. The van der Waals surface area contributed by atoms with Crippen LogP contribution in [0, 0.1) is 11.9 Å². The molecule has 1 amide bonds. The number of amides is 1. The van der Waals surface area contributed by atoms with Gasteiger partial charge in [-0.3, -0.25) is 0 Å². The van der Waals surface area contributed by atoms with Crippen molar-refractivity contribution in [2.45, 2.75) is 39.3 Å². The number of carbonyl (C=O) groups is 1. The average molecular weight is 238 g/mol. The summed E-state index contributed by atoms with van der Waals surface area (Å²) in [6.07, 6.45) is -0.562. The van der Waals surface area contributed by atoms with Crippen LogP contribution in [0.4, 0.5) is 9.18 Å². The molecule has 1 atom stereocenters. The van der Waals surface area contributed by atoms with E-state index < -0.39 is 23.6 Å². The summed E-state index contributed by atoms with van der Waals surface area (Å²) in [4.78, 5) is 11.5. The summed E-state index contributed by atoms with van der Waals surface area (Å²) in [5, 5.41) is 2.57. The molecule has 0 aliphatic carbocycles. The number of ether oxygens (including phenoxy) is 1. The molecule has 1 aromatic carbocycles. The van der Waals surface area contributed by atoms with E-state index in [4.69, 9.17) is 4.74 Å². The van der Waals surface area contributed by atoms with E-state index in [2.05, 4.69) is 11.4 Å². The molecule has 0 aliphatic rings. The molecule has 4 heteroatoms. The van der Waals surface area contributed by atoms with E-state index in [1.807, 2.05) is 0 Å². The van der Waals surface area contributed by atoms with Crippen molar-refractivity contribution in [2.24, 2.45) is 0 Å². The van der Waals surface area contributed by atoms with Crippen LogP contribution in [-0.4, -0.2) is 11.7 Å². The van der Waals surface area contributed by atoms with Crippen LogP contribution < -0.4 is 5.32 Å². The Morgan fingerprint density at radius 1 is 1.53 bits per heavy atom. The zero-order valence-corrected chi connectivity index (χ0v) is 10.5. The van der Waals surface area contributed by atoms with Gasteiger partial charge in [0.05, 0.1) is 6.04 Å². The van der Waals surface area contributed by atoms with Gasteiger partial charge in [-0.25, -0.2) is 9.18 Å². The quantitative estimate of drug-likeness (QED) is 0.859. The first kappa shape index (κ1) is 13.5. The molecular weight excluding hydrogens is 221 g/mol. The van der Waals surface area contributed by atoms with Gasteiger partial charge in [0, 0.05) is 11.6 Å². The minimum absolute atomic E-state index is 0.387. The summed E-state index contributed by atoms with van der Waals surface area (Å²) >= 11 is 0. The van der Waals surface area contributed by atoms with Crippen LogP contribution in [0.2, 0.25) is 0 Å². The number of halogens is 1. The average Bonchev–Trinajstić information content (AvgIpc) is 2.14. The molecule has 93 valence electrons. The third kappa shape index (κ3) is 4.43. The Bertz CT molecular complexity index is 399. The second kappa shape index (κ2) is 5.17. The summed E-state index contributed by atoms with van der Waals surface area (Å²) in [7, 11) is 0. The molecule has 1 N–H and O–H groups in total. The van der Waals surface area contributed by atoms with Crippen LogP contribution in [0.3, 0.4) is 0 Å². The fourth-order valence-electron chi connectivity index (χ4n) is 1.33. The van der Waals surface area contributed by atoms with Gasteiger partial charge in [-0.2, -0.15) is 0 Å². The number of hydrogen-bond acceptors (Lipinski definition) is 2.